The molecular weight excluding hydrogens is 261 g/mol. The van der Waals surface area contributed by atoms with E-state index in [1.54, 1.807) is 6.07 Å². The molecule has 0 spiro atoms. The summed E-state index contributed by atoms with van der Waals surface area (Å²) in [7, 11) is 0. The summed E-state index contributed by atoms with van der Waals surface area (Å²) in [6.45, 7) is 0.476. The van der Waals surface area contributed by atoms with Crippen molar-refractivity contribution in [1.82, 2.24) is 4.98 Å². The first kappa shape index (κ1) is 13.8. The number of nitrogen functional groups attached to an aromatic ring is 1. The molecule has 0 atom stereocenters. The molecule has 4 N–H and O–H groups in total. The van der Waals surface area contributed by atoms with E-state index in [1.807, 2.05) is 6.07 Å². The third-order valence-electron chi connectivity index (χ3n) is 2.74. The molecular formula is C14H14FN3O2. The molecule has 0 unspecified atom stereocenters. The lowest BCUT2D eigenvalue weighted by atomic mass is 10.1. The summed E-state index contributed by atoms with van der Waals surface area (Å²) in [5, 5.41) is 11.8. The monoisotopic (exact) mass is 275 g/mol. The predicted molar refractivity (Wildman–Crippen MR) is 74.2 cm³/mol. The second-order valence-electron chi connectivity index (χ2n) is 4.25. The Kier molecular flexibility index (Phi) is 4.14. The summed E-state index contributed by atoms with van der Waals surface area (Å²) in [6.07, 6.45) is 0.580. The van der Waals surface area contributed by atoms with Gasteiger partial charge >= 0.3 is 5.97 Å². The first-order valence-corrected chi connectivity index (χ1v) is 6.04. The highest BCUT2D eigenvalue weighted by Crippen LogP contribution is 2.16. The molecule has 1 aromatic carbocycles. The number of pyridine rings is 1. The molecule has 5 nitrogen and oxygen atoms in total. The lowest BCUT2D eigenvalue weighted by Gasteiger charge is -2.09. The fraction of sp³-hybridized carbons (Fsp3) is 0.143. The smallest absolute Gasteiger partial charge is 0.354 e. The number of carboxylic acids is 1. The number of nitrogens with two attached hydrogens (primary N) is 1. The minimum absolute atomic E-state index is 0.0764. The Bertz CT molecular complexity index is 632. The predicted octanol–water partition coefficient (Wildman–Crippen LogP) is 2.16. The summed E-state index contributed by atoms with van der Waals surface area (Å²) >= 11 is 0. The molecule has 0 aliphatic heterocycles. The fourth-order valence-electron chi connectivity index (χ4n) is 1.75. The number of aromatic nitrogens is 1. The Hall–Kier alpha value is -2.63. The van der Waals surface area contributed by atoms with E-state index >= 15 is 0 Å². The molecule has 0 aliphatic rings. The lowest BCUT2D eigenvalue weighted by molar-refractivity contribution is 0.0690. The van der Waals surface area contributed by atoms with Crippen LogP contribution in [0.25, 0.3) is 0 Å². The molecule has 6 heteroatoms. The summed E-state index contributed by atoms with van der Waals surface area (Å²) < 4.78 is 13.0. The number of aromatic carboxylic acids is 1. The van der Waals surface area contributed by atoms with Gasteiger partial charge in [-0.05, 0) is 36.2 Å². The quantitative estimate of drug-likeness (QED) is 0.778. The van der Waals surface area contributed by atoms with Crippen molar-refractivity contribution in [3.05, 3.63) is 53.5 Å². The van der Waals surface area contributed by atoms with E-state index in [2.05, 4.69) is 10.3 Å². The SMILES string of the molecule is Nc1ccc(C(=O)O)nc1NCCc1cccc(F)c1. The maximum Gasteiger partial charge on any atom is 0.354 e. The van der Waals surface area contributed by atoms with E-state index in [4.69, 9.17) is 10.8 Å². The molecule has 2 aromatic rings. The van der Waals surface area contributed by atoms with E-state index in [9.17, 15) is 9.18 Å². The topological polar surface area (TPSA) is 88.2 Å². The maximum atomic E-state index is 13.0. The van der Waals surface area contributed by atoms with Crippen LogP contribution in [-0.4, -0.2) is 22.6 Å². The van der Waals surface area contributed by atoms with Crippen LogP contribution in [0.3, 0.4) is 0 Å². The van der Waals surface area contributed by atoms with Gasteiger partial charge in [0, 0.05) is 6.54 Å². The zero-order chi connectivity index (χ0) is 14.5. The molecule has 0 fully saturated rings. The summed E-state index contributed by atoms with van der Waals surface area (Å²) in [4.78, 5) is 14.7. The van der Waals surface area contributed by atoms with Crippen molar-refractivity contribution in [2.24, 2.45) is 0 Å². The van der Waals surface area contributed by atoms with Gasteiger partial charge in [0.05, 0.1) is 5.69 Å². The molecule has 0 saturated heterocycles. The van der Waals surface area contributed by atoms with Crippen molar-refractivity contribution < 1.29 is 14.3 Å². The number of rotatable bonds is 5. The molecule has 20 heavy (non-hydrogen) atoms. The summed E-state index contributed by atoms with van der Waals surface area (Å²) in [6, 6.07) is 9.12. The largest absolute Gasteiger partial charge is 0.477 e. The van der Waals surface area contributed by atoms with Gasteiger partial charge in [0.2, 0.25) is 0 Å². The maximum absolute atomic E-state index is 13.0. The van der Waals surface area contributed by atoms with Crippen LogP contribution in [0.4, 0.5) is 15.9 Å². The van der Waals surface area contributed by atoms with E-state index in [0.29, 0.717) is 24.5 Å². The van der Waals surface area contributed by atoms with Crippen LogP contribution < -0.4 is 11.1 Å². The zero-order valence-electron chi connectivity index (χ0n) is 10.6. The molecule has 0 radical (unpaired) electrons. The van der Waals surface area contributed by atoms with Gasteiger partial charge in [0.15, 0.2) is 5.69 Å². The van der Waals surface area contributed by atoms with E-state index in [-0.39, 0.29) is 11.5 Å². The van der Waals surface area contributed by atoms with Crippen LogP contribution >= 0.6 is 0 Å². The molecule has 104 valence electrons. The van der Waals surface area contributed by atoms with Gasteiger partial charge in [-0.3, -0.25) is 0 Å². The molecule has 0 amide bonds. The highest BCUT2D eigenvalue weighted by Gasteiger charge is 2.08. The van der Waals surface area contributed by atoms with Crippen molar-refractivity contribution in [1.29, 1.82) is 0 Å². The van der Waals surface area contributed by atoms with Crippen LogP contribution in [0, 0.1) is 5.82 Å². The number of anilines is 2. The highest BCUT2D eigenvalue weighted by atomic mass is 19.1. The van der Waals surface area contributed by atoms with E-state index in [1.165, 1.54) is 24.3 Å². The number of hydrogen-bond acceptors (Lipinski definition) is 4. The number of nitrogens with one attached hydrogen (secondary N) is 1. The number of nitrogens with zero attached hydrogens (tertiary/aromatic N) is 1. The normalized spacial score (nSPS) is 10.2. The number of benzene rings is 1. The average Bonchev–Trinajstić information content (AvgIpc) is 2.40. The Balaban J connectivity index is 2.00. The summed E-state index contributed by atoms with van der Waals surface area (Å²) in [5.41, 5.74) is 6.85. The van der Waals surface area contributed by atoms with Crippen molar-refractivity contribution in [2.75, 3.05) is 17.6 Å². The molecule has 1 heterocycles. The van der Waals surface area contributed by atoms with E-state index in [0.717, 1.165) is 5.56 Å². The zero-order valence-corrected chi connectivity index (χ0v) is 10.6. The second-order valence-corrected chi connectivity index (χ2v) is 4.25. The van der Waals surface area contributed by atoms with Gasteiger partial charge < -0.3 is 16.2 Å². The number of halogens is 1. The van der Waals surface area contributed by atoms with Crippen LogP contribution in [-0.2, 0) is 6.42 Å². The minimum Gasteiger partial charge on any atom is -0.477 e. The standard InChI is InChI=1S/C14H14FN3O2/c15-10-3-1-2-9(8-10)6-7-17-13-11(16)4-5-12(18-13)14(19)20/h1-5,8H,6-7,16H2,(H,17,18)(H,19,20). The second kappa shape index (κ2) is 6.01. The van der Waals surface area contributed by atoms with E-state index < -0.39 is 5.97 Å². The summed E-state index contributed by atoms with van der Waals surface area (Å²) in [5.74, 6) is -1.08. The van der Waals surface area contributed by atoms with Gasteiger partial charge in [-0.1, -0.05) is 12.1 Å². The van der Waals surface area contributed by atoms with Crippen LogP contribution in [0.15, 0.2) is 36.4 Å². The van der Waals surface area contributed by atoms with Crippen molar-refractivity contribution in [2.45, 2.75) is 6.42 Å². The first-order chi connectivity index (χ1) is 9.56. The van der Waals surface area contributed by atoms with Gasteiger partial charge in [-0.25, -0.2) is 14.2 Å². The Morgan fingerprint density at radius 1 is 1.35 bits per heavy atom. The molecule has 2 rings (SSSR count). The minimum atomic E-state index is -1.11. The van der Waals surface area contributed by atoms with Crippen LogP contribution in [0.2, 0.25) is 0 Å². The number of hydrogen-bond donors (Lipinski definition) is 3. The first-order valence-electron chi connectivity index (χ1n) is 6.04. The Morgan fingerprint density at radius 2 is 2.15 bits per heavy atom. The Labute approximate surface area is 115 Å². The molecule has 1 aromatic heterocycles. The number of carbonyl (C=O) groups is 1. The van der Waals surface area contributed by atoms with Crippen LogP contribution in [0.1, 0.15) is 16.1 Å². The van der Waals surface area contributed by atoms with Crippen molar-refractivity contribution >= 4 is 17.5 Å². The lowest BCUT2D eigenvalue weighted by Crippen LogP contribution is -2.11. The third-order valence-corrected chi connectivity index (χ3v) is 2.74. The van der Waals surface area contributed by atoms with Gasteiger partial charge in [0.1, 0.15) is 11.6 Å². The molecule has 0 bridgehead atoms. The Morgan fingerprint density at radius 3 is 2.85 bits per heavy atom. The van der Waals surface area contributed by atoms with Gasteiger partial charge in [-0.2, -0.15) is 0 Å². The third kappa shape index (κ3) is 3.44. The molecule has 0 aliphatic carbocycles. The van der Waals surface area contributed by atoms with Crippen molar-refractivity contribution in [3.8, 4) is 0 Å². The van der Waals surface area contributed by atoms with Gasteiger partial charge in [-0.15, -0.1) is 0 Å². The highest BCUT2D eigenvalue weighted by molar-refractivity contribution is 5.86. The molecule has 0 saturated carbocycles. The average molecular weight is 275 g/mol. The fourth-order valence-corrected chi connectivity index (χ4v) is 1.75. The van der Waals surface area contributed by atoms with Crippen LogP contribution in [0.5, 0.6) is 0 Å². The van der Waals surface area contributed by atoms with Gasteiger partial charge in [0.25, 0.3) is 0 Å². The number of carboxylic acid groups (broad SMARTS) is 1. The van der Waals surface area contributed by atoms with Crippen molar-refractivity contribution in [3.63, 3.8) is 0 Å².